The van der Waals surface area contributed by atoms with E-state index in [4.69, 9.17) is 11.6 Å². The van der Waals surface area contributed by atoms with Gasteiger partial charge < -0.3 is 5.32 Å². The maximum atomic E-state index is 6.10. The highest BCUT2D eigenvalue weighted by molar-refractivity contribution is 9.10. The lowest BCUT2D eigenvalue weighted by Gasteiger charge is -2.25. The molecule has 1 aromatic heterocycles. The van der Waals surface area contributed by atoms with Gasteiger partial charge in [0.05, 0.1) is 5.02 Å². The first-order valence-electron chi connectivity index (χ1n) is 5.97. The average molecular weight is 314 g/mol. The number of piperidine rings is 1. The van der Waals surface area contributed by atoms with Gasteiger partial charge in [-0.25, -0.2) is 4.98 Å². The van der Waals surface area contributed by atoms with Crippen LogP contribution in [0.5, 0.6) is 0 Å². The maximum absolute atomic E-state index is 6.10. The van der Waals surface area contributed by atoms with E-state index in [-0.39, 0.29) is 0 Å². The van der Waals surface area contributed by atoms with E-state index >= 15 is 0 Å². The van der Waals surface area contributed by atoms with Crippen molar-refractivity contribution < 1.29 is 0 Å². The minimum atomic E-state index is 0.691. The summed E-state index contributed by atoms with van der Waals surface area (Å²) in [7, 11) is 0. The standard InChI is InChI=1S/C13H14BrClN2/c14-13-12(15)5-11(7-17-13)9-3-8-1-2-16-6-10(8)4-9/h3,5,7-8,10,16H,1-2,4,6H2. The zero-order chi connectivity index (χ0) is 11.8. The van der Waals surface area contributed by atoms with E-state index in [0.717, 1.165) is 35.9 Å². The van der Waals surface area contributed by atoms with Crippen LogP contribution in [0.15, 0.2) is 22.9 Å². The molecule has 17 heavy (non-hydrogen) atoms. The highest BCUT2D eigenvalue weighted by Crippen LogP contribution is 2.39. The number of nitrogens with zero attached hydrogens (tertiary/aromatic N) is 1. The Labute approximate surface area is 115 Å². The Morgan fingerprint density at radius 2 is 2.35 bits per heavy atom. The third-order valence-corrected chi connectivity index (χ3v) is 4.88. The molecule has 1 N–H and O–H groups in total. The third-order valence-electron chi connectivity index (χ3n) is 3.73. The lowest BCUT2D eigenvalue weighted by Crippen LogP contribution is -2.33. The average Bonchev–Trinajstić information content (AvgIpc) is 2.76. The number of hydrogen-bond acceptors (Lipinski definition) is 2. The molecule has 0 amide bonds. The minimum Gasteiger partial charge on any atom is -0.316 e. The lowest BCUT2D eigenvalue weighted by atomic mass is 9.89. The number of fused-ring (bicyclic) bond motifs is 1. The van der Waals surface area contributed by atoms with E-state index < -0.39 is 0 Å². The molecule has 90 valence electrons. The normalized spacial score (nSPS) is 27.8. The van der Waals surface area contributed by atoms with E-state index in [1.165, 1.54) is 17.6 Å². The van der Waals surface area contributed by atoms with Gasteiger partial charge in [-0.3, -0.25) is 0 Å². The molecule has 0 aromatic carbocycles. The minimum absolute atomic E-state index is 0.691. The monoisotopic (exact) mass is 312 g/mol. The number of nitrogens with one attached hydrogen (secondary N) is 1. The Morgan fingerprint density at radius 3 is 3.12 bits per heavy atom. The Morgan fingerprint density at radius 1 is 1.47 bits per heavy atom. The largest absolute Gasteiger partial charge is 0.316 e. The van der Waals surface area contributed by atoms with Gasteiger partial charge in [-0.15, -0.1) is 0 Å². The van der Waals surface area contributed by atoms with Crippen molar-refractivity contribution in [2.45, 2.75) is 12.8 Å². The van der Waals surface area contributed by atoms with Crippen LogP contribution in [0.4, 0.5) is 0 Å². The smallest absolute Gasteiger partial charge is 0.124 e. The number of allylic oxidation sites excluding steroid dienone is 2. The van der Waals surface area contributed by atoms with Crippen LogP contribution in [0, 0.1) is 11.8 Å². The number of rotatable bonds is 1. The Bertz CT molecular complexity index is 472. The first-order chi connectivity index (χ1) is 8.24. The van der Waals surface area contributed by atoms with Gasteiger partial charge in [0, 0.05) is 6.20 Å². The number of halogens is 2. The van der Waals surface area contributed by atoms with Crippen molar-refractivity contribution in [1.82, 2.24) is 10.3 Å². The third kappa shape index (κ3) is 2.28. The fourth-order valence-electron chi connectivity index (χ4n) is 2.81. The summed E-state index contributed by atoms with van der Waals surface area (Å²) in [5.41, 5.74) is 2.58. The zero-order valence-corrected chi connectivity index (χ0v) is 11.8. The summed E-state index contributed by atoms with van der Waals surface area (Å²) in [5.74, 6) is 1.51. The summed E-state index contributed by atoms with van der Waals surface area (Å²) in [6.07, 6.45) is 6.74. The van der Waals surface area contributed by atoms with Crippen LogP contribution in [0.3, 0.4) is 0 Å². The van der Waals surface area contributed by atoms with Gasteiger partial charge in [-0.2, -0.15) is 0 Å². The molecule has 1 aliphatic carbocycles. The highest BCUT2D eigenvalue weighted by atomic mass is 79.9. The molecule has 1 aliphatic heterocycles. The molecule has 1 fully saturated rings. The van der Waals surface area contributed by atoms with Gasteiger partial charge in [0.1, 0.15) is 4.60 Å². The van der Waals surface area contributed by atoms with E-state index in [2.05, 4.69) is 32.3 Å². The molecule has 2 heterocycles. The summed E-state index contributed by atoms with van der Waals surface area (Å²) in [4.78, 5) is 4.27. The Kier molecular flexibility index (Phi) is 3.24. The topological polar surface area (TPSA) is 24.9 Å². The van der Waals surface area contributed by atoms with Crippen molar-refractivity contribution in [3.63, 3.8) is 0 Å². The SMILES string of the molecule is Clc1cc(C2=CC3CCNCC3C2)cnc1Br. The number of pyridine rings is 1. The van der Waals surface area contributed by atoms with Crippen molar-refractivity contribution in [3.05, 3.63) is 33.5 Å². The molecule has 2 unspecified atom stereocenters. The van der Waals surface area contributed by atoms with Crippen molar-refractivity contribution in [2.75, 3.05) is 13.1 Å². The quantitative estimate of drug-likeness (QED) is 0.803. The summed E-state index contributed by atoms with van der Waals surface area (Å²) in [6.45, 7) is 2.28. The highest BCUT2D eigenvalue weighted by Gasteiger charge is 2.30. The van der Waals surface area contributed by atoms with E-state index in [1.54, 1.807) is 0 Å². The van der Waals surface area contributed by atoms with Crippen LogP contribution in [0.25, 0.3) is 5.57 Å². The molecule has 0 spiro atoms. The van der Waals surface area contributed by atoms with E-state index in [0.29, 0.717) is 5.02 Å². The van der Waals surface area contributed by atoms with Crippen molar-refractivity contribution in [1.29, 1.82) is 0 Å². The van der Waals surface area contributed by atoms with Crippen LogP contribution < -0.4 is 5.32 Å². The molecular formula is C13H14BrClN2. The lowest BCUT2D eigenvalue weighted by molar-refractivity contribution is 0.324. The Balaban J connectivity index is 1.87. The zero-order valence-electron chi connectivity index (χ0n) is 9.42. The number of hydrogen-bond donors (Lipinski definition) is 1. The molecule has 0 bridgehead atoms. The summed E-state index contributed by atoms with van der Waals surface area (Å²) in [5, 5.41) is 4.16. The van der Waals surface area contributed by atoms with Crippen molar-refractivity contribution in [3.8, 4) is 0 Å². The molecule has 1 aromatic rings. The molecule has 0 radical (unpaired) electrons. The first kappa shape index (κ1) is 11.7. The maximum Gasteiger partial charge on any atom is 0.124 e. The van der Waals surface area contributed by atoms with Crippen LogP contribution in [0.1, 0.15) is 18.4 Å². The molecule has 2 nitrogen and oxygen atoms in total. The second-order valence-electron chi connectivity index (χ2n) is 4.81. The van der Waals surface area contributed by atoms with E-state index in [9.17, 15) is 0 Å². The van der Waals surface area contributed by atoms with Gasteiger partial charge in [-0.1, -0.05) is 17.7 Å². The molecule has 1 saturated heterocycles. The predicted octanol–water partition coefficient (Wildman–Crippen LogP) is 3.51. The molecule has 2 atom stereocenters. The van der Waals surface area contributed by atoms with E-state index in [1.807, 2.05) is 12.3 Å². The van der Waals surface area contributed by atoms with Gasteiger partial charge in [0.25, 0.3) is 0 Å². The predicted molar refractivity (Wildman–Crippen MR) is 74.0 cm³/mol. The van der Waals surface area contributed by atoms with Crippen LogP contribution >= 0.6 is 27.5 Å². The van der Waals surface area contributed by atoms with Crippen molar-refractivity contribution >= 4 is 33.1 Å². The van der Waals surface area contributed by atoms with Gasteiger partial charge in [0.15, 0.2) is 0 Å². The Hall–Kier alpha value is -0.380. The van der Waals surface area contributed by atoms with Crippen molar-refractivity contribution in [2.24, 2.45) is 11.8 Å². The van der Waals surface area contributed by atoms with Crippen LogP contribution in [-0.2, 0) is 0 Å². The van der Waals surface area contributed by atoms with Gasteiger partial charge >= 0.3 is 0 Å². The first-order valence-corrected chi connectivity index (χ1v) is 7.14. The molecule has 3 rings (SSSR count). The molecule has 2 aliphatic rings. The molecular weight excluding hydrogens is 300 g/mol. The van der Waals surface area contributed by atoms with Gasteiger partial charge in [0.2, 0.25) is 0 Å². The fourth-order valence-corrected chi connectivity index (χ4v) is 3.19. The summed E-state index contributed by atoms with van der Waals surface area (Å²) in [6, 6.07) is 2.01. The van der Waals surface area contributed by atoms with Crippen LogP contribution in [0.2, 0.25) is 5.02 Å². The van der Waals surface area contributed by atoms with Crippen LogP contribution in [-0.4, -0.2) is 18.1 Å². The molecule has 4 heteroatoms. The summed E-state index contributed by atoms with van der Waals surface area (Å²) >= 11 is 9.42. The van der Waals surface area contributed by atoms with Gasteiger partial charge in [-0.05, 0) is 70.9 Å². The second-order valence-corrected chi connectivity index (χ2v) is 5.97. The molecule has 0 saturated carbocycles. The number of aromatic nitrogens is 1. The fraction of sp³-hybridized carbons (Fsp3) is 0.462. The second kappa shape index (κ2) is 4.71. The summed E-state index contributed by atoms with van der Waals surface area (Å²) < 4.78 is 0.723.